The summed E-state index contributed by atoms with van der Waals surface area (Å²) in [7, 11) is 0. The molecule has 1 aromatic rings. The number of hydrogen-bond acceptors (Lipinski definition) is 2. The van der Waals surface area contributed by atoms with E-state index in [4.69, 9.17) is 0 Å². The van der Waals surface area contributed by atoms with Gasteiger partial charge >= 0.3 is 0 Å². The van der Waals surface area contributed by atoms with Gasteiger partial charge in [0.1, 0.15) is 0 Å². The number of nitrogens with zero attached hydrogens (tertiary/aromatic N) is 1. The molecule has 0 unspecified atom stereocenters. The van der Waals surface area contributed by atoms with E-state index in [1.165, 1.54) is 48.2 Å². The molecule has 1 fully saturated rings. The SMILES string of the molecule is Cc1cc(C)c(CCC(C)(C)N2CCNCC2)cc1C. The van der Waals surface area contributed by atoms with Crippen molar-refractivity contribution in [1.82, 2.24) is 10.2 Å². The van der Waals surface area contributed by atoms with Crippen LogP contribution >= 0.6 is 0 Å². The Bertz CT molecular complexity index is 457. The molecule has 0 radical (unpaired) electrons. The predicted molar refractivity (Wildman–Crippen MR) is 87.5 cm³/mol. The average molecular weight is 274 g/mol. The second-order valence-electron chi connectivity index (χ2n) is 6.91. The van der Waals surface area contributed by atoms with Crippen LogP contribution in [0.2, 0.25) is 0 Å². The Kier molecular flexibility index (Phi) is 4.87. The van der Waals surface area contributed by atoms with Crippen LogP contribution in [0.15, 0.2) is 12.1 Å². The van der Waals surface area contributed by atoms with Crippen LogP contribution in [0.5, 0.6) is 0 Å². The highest BCUT2D eigenvalue weighted by Gasteiger charge is 2.27. The molecular weight excluding hydrogens is 244 g/mol. The summed E-state index contributed by atoms with van der Waals surface area (Å²) in [6.07, 6.45) is 2.42. The van der Waals surface area contributed by atoms with Gasteiger partial charge in [-0.1, -0.05) is 12.1 Å². The second-order valence-corrected chi connectivity index (χ2v) is 6.91. The van der Waals surface area contributed by atoms with Crippen LogP contribution in [0.25, 0.3) is 0 Å². The second kappa shape index (κ2) is 6.28. The van der Waals surface area contributed by atoms with E-state index in [0.29, 0.717) is 5.54 Å². The normalized spacial score (nSPS) is 17.4. The molecule has 112 valence electrons. The summed E-state index contributed by atoms with van der Waals surface area (Å²) in [4.78, 5) is 2.64. The summed E-state index contributed by atoms with van der Waals surface area (Å²) in [5.41, 5.74) is 6.10. The van der Waals surface area contributed by atoms with Gasteiger partial charge in [0.05, 0.1) is 0 Å². The maximum Gasteiger partial charge on any atom is 0.0157 e. The summed E-state index contributed by atoms with van der Waals surface area (Å²) < 4.78 is 0. The van der Waals surface area contributed by atoms with Gasteiger partial charge in [0.25, 0.3) is 0 Å². The van der Waals surface area contributed by atoms with Gasteiger partial charge in [-0.15, -0.1) is 0 Å². The topological polar surface area (TPSA) is 15.3 Å². The Morgan fingerprint density at radius 1 is 1.00 bits per heavy atom. The smallest absolute Gasteiger partial charge is 0.0157 e. The monoisotopic (exact) mass is 274 g/mol. The molecule has 0 spiro atoms. The molecule has 2 nitrogen and oxygen atoms in total. The van der Waals surface area contributed by atoms with Gasteiger partial charge in [-0.05, 0) is 69.7 Å². The van der Waals surface area contributed by atoms with Crippen molar-refractivity contribution in [3.63, 3.8) is 0 Å². The molecule has 2 heteroatoms. The van der Waals surface area contributed by atoms with Crippen molar-refractivity contribution in [2.75, 3.05) is 26.2 Å². The number of benzene rings is 1. The third-order valence-corrected chi connectivity index (χ3v) is 4.93. The van der Waals surface area contributed by atoms with Gasteiger partial charge in [0.2, 0.25) is 0 Å². The van der Waals surface area contributed by atoms with E-state index in [2.05, 4.69) is 57.0 Å². The third kappa shape index (κ3) is 3.62. The first-order valence-electron chi connectivity index (χ1n) is 7.92. The average Bonchev–Trinajstić information content (AvgIpc) is 2.42. The van der Waals surface area contributed by atoms with E-state index in [-0.39, 0.29) is 0 Å². The lowest BCUT2D eigenvalue weighted by Crippen LogP contribution is -2.53. The molecule has 1 aromatic carbocycles. The zero-order chi connectivity index (χ0) is 14.8. The fraction of sp³-hybridized carbons (Fsp3) is 0.667. The molecule has 1 aliphatic rings. The summed E-state index contributed by atoms with van der Waals surface area (Å²) in [6, 6.07) is 4.72. The van der Waals surface area contributed by atoms with Crippen molar-refractivity contribution in [3.8, 4) is 0 Å². The lowest BCUT2D eigenvalue weighted by Gasteiger charge is -2.41. The van der Waals surface area contributed by atoms with Crippen LogP contribution in [0.4, 0.5) is 0 Å². The Hall–Kier alpha value is -0.860. The fourth-order valence-corrected chi connectivity index (χ4v) is 3.16. The molecule has 1 saturated heterocycles. The Labute approximate surface area is 124 Å². The number of hydrogen-bond donors (Lipinski definition) is 1. The zero-order valence-electron chi connectivity index (χ0n) is 13.8. The summed E-state index contributed by atoms with van der Waals surface area (Å²) in [6.45, 7) is 16.1. The van der Waals surface area contributed by atoms with E-state index in [1.54, 1.807) is 0 Å². The maximum absolute atomic E-state index is 3.44. The van der Waals surface area contributed by atoms with Crippen LogP contribution in [-0.2, 0) is 6.42 Å². The van der Waals surface area contributed by atoms with Crippen LogP contribution in [0.3, 0.4) is 0 Å². The first-order chi connectivity index (χ1) is 9.40. The van der Waals surface area contributed by atoms with Gasteiger partial charge in [-0.2, -0.15) is 0 Å². The molecule has 1 N–H and O–H groups in total. The molecular formula is C18H30N2. The fourth-order valence-electron chi connectivity index (χ4n) is 3.16. The maximum atomic E-state index is 3.44. The predicted octanol–water partition coefficient (Wildman–Crippen LogP) is 3.23. The molecule has 2 rings (SSSR count). The van der Waals surface area contributed by atoms with E-state index in [1.807, 2.05) is 0 Å². The van der Waals surface area contributed by atoms with Gasteiger partial charge in [0, 0.05) is 31.7 Å². The van der Waals surface area contributed by atoms with Gasteiger partial charge in [0.15, 0.2) is 0 Å². The quantitative estimate of drug-likeness (QED) is 0.907. The minimum Gasteiger partial charge on any atom is -0.314 e. The van der Waals surface area contributed by atoms with Gasteiger partial charge < -0.3 is 5.32 Å². The molecule has 0 aliphatic carbocycles. The van der Waals surface area contributed by atoms with Crippen LogP contribution < -0.4 is 5.32 Å². The van der Waals surface area contributed by atoms with Crippen LogP contribution in [0.1, 0.15) is 42.5 Å². The first kappa shape index (κ1) is 15.5. The van der Waals surface area contributed by atoms with Crippen LogP contribution in [0, 0.1) is 20.8 Å². The molecule has 0 bridgehead atoms. The van der Waals surface area contributed by atoms with E-state index in [0.717, 1.165) is 13.1 Å². The third-order valence-electron chi connectivity index (χ3n) is 4.93. The molecule has 1 aliphatic heterocycles. The highest BCUT2D eigenvalue weighted by atomic mass is 15.2. The molecule has 1 heterocycles. The first-order valence-corrected chi connectivity index (χ1v) is 7.92. The lowest BCUT2D eigenvalue weighted by atomic mass is 9.90. The summed E-state index contributed by atoms with van der Waals surface area (Å²) in [5, 5.41) is 3.44. The highest BCUT2D eigenvalue weighted by Crippen LogP contribution is 2.24. The molecule has 0 saturated carbocycles. The van der Waals surface area contributed by atoms with Crippen molar-refractivity contribution in [1.29, 1.82) is 0 Å². The molecule has 0 amide bonds. The molecule has 0 aromatic heterocycles. The number of piperazine rings is 1. The van der Waals surface area contributed by atoms with Gasteiger partial charge in [-0.3, -0.25) is 4.90 Å². The van der Waals surface area contributed by atoms with E-state index >= 15 is 0 Å². The van der Waals surface area contributed by atoms with Gasteiger partial charge in [-0.25, -0.2) is 0 Å². The summed E-state index contributed by atoms with van der Waals surface area (Å²) >= 11 is 0. The van der Waals surface area contributed by atoms with E-state index < -0.39 is 0 Å². The lowest BCUT2D eigenvalue weighted by molar-refractivity contribution is 0.0959. The Balaban J connectivity index is 2.02. The van der Waals surface area contributed by atoms with Crippen molar-refractivity contribution in [2.45, 2.75) is 53.0 Å². The van der Waals surface area contributed by atoms with Crippen molar-refractivity contribution >= 4 is 0 Å². The minimum absolute atomic E-state index is 0.299. The largest absolute Gasteiger partial charge is 0.314 e. The van der Waals surface area contributed by atoms with Crippen molar-refractivity contribution in [2.24, 2.45) is 0 Å². The minimum atomic E-state index is 0.299. The Morgan fingerprint density at radius 2 is 1.60 bits per heavy atom. The van der Waals surface area contributed by atoms with Crippen LogP contribution in [-0.4, -0.2) is 36.6 Å². The van der Waals surface area contributed by atoms with Crippen molar-refractivity contribution < 1.29 is 0 Å². The standard InChI is InChI=1S/C18H30N2/c1-14-12-16(3)17(13-15(14)2)6-7-18(4,5)20-10-8-19-9-11-20/h12-13,19H,6-11H2,1-5H3. The number of nitrogens with one attached hydrogen (secondary N) is 1. The Morgan fingerprint density at radius 3 is 2.25 bits per heavy atom. The number of aryl methyl sites for hydroxylation is 4. The highest BCUT2D eigenvalue weighted by molar-refractivity contribution is 5.36. The zero-order valence-corrected chi connectivity index (χ0v) is 13.8. The molecule has 20 heavy (non-hydrogen) atoms. The summed E-state index contributed by atoms with van der Waals surface area (Å²) in [5.74, 6) is 0. The number of rotatable bonds is 4. The molecule has 0 atom stereocenters. The van der Waals surface area contributed by atoms with Crippen molar-refractivity contribution in [3.05, 3.63) is 34.4 Å². The van der Waals surface area contributed by atoms with E-state index in [9.17, 15) is 0 Å².